The Labute approximate surface area is 116 Å². The lowest BCUT2D eigenvalue weighted by Gasteiger charge is -2.14. The first-order valence-corrected chi connectivity index (χ1v) is 8.20. The van der Waals surface area contributed by atoms with Crippen LogP contribution in [0.3, 0.4) is 0 Å². The Balaban J connectivity index is 1.52. The highest BCUT2D eigenvalue weighted by atomic mass is 32.2. The minimum absolute atomic E-state index is 0.115. The molecule has 0 aliphatic heterocycles. The van der Waals surface area contributed by atoms with Gasteiger partial charge in [0, 0.05) is 11.8 Å². The molecule has 1 aromatic rings. The van der Waals surface area contributed by atoms with Gasteiger partial charge in [-0.05, 0) is 25.2 Å². The van der Waals surface area contributed by atoms with Gasteiger partial charge in [0.05, 0.1) is 6.10 Å². The molecule has 0 amide bonds. The Kier molecular flexibility index (Phi) is 3.98. The zero-order chi connectivity index (χ0) is 13.2. The molecule has 2 aliphatic rings. The van der Waals surface area contributed by atoms with Gasteiger partial charge in [0.1, 0.15) is 0 Å². The van der Waals surface area contributed by atoms with E-state index in [1.54, 1.807) is 4.57 Å². The largest absolute Gasteiger partial charge is 0.392 e. The molecule has 1 heterocycles. The number of hydrogen-bond acceptors (Lipinski definition) is 4. The van der Waals surface area contributed by atoms with Crippen molar-refractivity contribution in [2.75, 3.05) is 5.75 Å². The maximum Gasteiger partial charge on any atom is 0.344 e. The number of aliphatic hydroxyl groups excluding tert-OH is 1. The number of rotatable bonds is 6. The van der Waals surface area contributed by atoms with E-state index in [9.17, 15) is 9.90 Å². The second kappa shape index (κ2) is 5.71. The Bertz CT molecular complexity index is 474. The standard InChI is InChI=1S/C13H21N3O2S/c17-11(7-9-3-1-2-4-9)8-19-13-15-14-12(18)16(13)10-5-6-10/h9-11,17H,1-8H2,(H,14,18). The molecule has 19 heavy (non-hydrogen) atoms. The number of nitrogens with one attached hydrogen (secondary N) is 1. The van der Waals surface area contributed by atoms with E-state index >= 15 is 0 Å². The van der Waals surface area contributed by atoms with E-state index in [4.69, 9.17) is 0 Å². The van der Waals surface area contributed by atoms with Gasteiger partial charge >= 0.3 is 5.69 Å². The van der Waals surface area contributed by atoms with E-state index in [-0.39, 0.29) is 11.8 Å². The van der Waals surface area contributed by atoms with Crippen molar-refractivity contribution in [3.8, 4) is 0 Å². The summed E-state index contributed by atoms with van der Waals surface area (Å²) in [6, 6.07) is 0.334. The monoisotopic (exact) mass is 283 g/mol. The first kappa shape index (κ1) is 13.2. The van der Waals surface area contributed by atoms with Gasteiger partial charge in [0.2, 0.25) is 0 Å². The van der Waals surface area contributed by atoms with Gasteiger partial charge in [-0.25, -0.2) is 9.89 Å². The van der Waals surface area contributed by atoms with Crippen LogP contribution >= 0.6 is 11.8 Å². The quantitative estimate of drug-likeness (QED) is 0.783. The van der Waals surface area contributed by atoms with Crippen molar-refractivity contribution in [1.29, 1.82) is 0 Å². The number of nitrogens with zero attached hydrogens (tertiary/aromatic N) is 2. The maximum atomic E-state index is 11.6. The molecule has 2 aliphatic carbocycles. The van der Waals surface area contributed by atoms with Crippen molar-refractivity contribution >= 4 is 11.8 Å². The van der Waals surface area contributed by atoms with Crippen molar-refractivity contribution in [3.05, 3.63) is 10.5 Å². The topological polar surface area (TPSA) is 70.9 Å². The molecule has 1 unspecified atom stereocenters. The molecule has 2 fully saturated rings. The van der Waals surface area contributed by atoms with Crippen LogP contribution in [-0.4, -0.2) is 31.7 Å². The molecular weight excluding hydrogens is 262 g/mol. The summed E-state index contributed by atoms with van der Waals surface area (Å²) in [4.78, 5) is 11.6. The van der Waals surface area contributed by atoms with Gasteiger partial charge in [0.25, 0.3) is 0 Å². The average Bonchev–Trinajstić information content (AvgIpc) is 2.96. The van der Waals surface area contributed by atoms with Crippen molar-refractivity contribution in [2.24, 2.45) is 5.92 Å². The van der Waals surface area contributed by atoms with Crippen LogP contribution in [0.25, 0.3) is 0 Å². The molecule has 2 saturated carbocycles. The third kappa shape index (κ3) is 3.23. The first-order chi connectivity index (χ1) is 9.24. The summed E-state index contributed by atoms with van der Waals surface area (Å²) >= 11 is 1.50. The van der Waals surface area contributed by atoms with Crippen LogP contribution in [0.15, 0.2) is 9.95 Å². The fourth-order valence-corrected chi connectivity index (χ4v) is 3.88. The van der Waals surface area contributed by atoms with Crippen LogP contribution in [0.2, 0.25) is 0 Å². The molecule has 5 nitrogen and oxygen atoms in total. The number of aromatic amines is 1. The summed E-state index contributed by atoms with van der Waals surface area (Å²) in [5, 5.41) is 17.4. The third-order valence-corrected chi connectivity index (χ3v) is 5.17. The minimum Gasteiger partial charge on any atom is -0.392 e. The number of thioether (sulfide) groups is 1. The van der Waals surface area contributed by atoms with Gasteiger partial charge in [-0.1, -0.05) is 37.4 Å². The molecule has 2 N–H and O–H groups in total. The lowest BCUT2D eigenvalue weighted by molar-refractivity contribution is 0.165. The minimum atomic E-state index is -0.285. The summed E-state index contributed by atoms with van der Waals surface area (Å²) in [5.74, 6) is 1.33. The molecule has 3 rings (SSSR count). The predicted octanol–water partition coefficient (Wildman–Crippen LogP) is 1.94. The maximum absolute atomic E-state index is 11.6. The summed E-state index contributed by atoms with van der Waals surface area (Å²) in [6.07, 6.45) is 7.89. The zero-order valence-electron chi connectivity index (χ0n) is 11.0. The lowest BCUT2D eigenvalue weighted by atomic mass is 10.0. The van der Waals surface area contributed by atoms with Gasteiger partial charge in [-0.15, -0.1) is 5.10 Å². The predicted molar refractivity (Wildman–Crippen MR) is 74.4 cm³/mol. The summed E-state index contributed by atoms with van der Waals surface area (Å²) < 4.78 is 1.74. The van der Waals surface area contributed by atoms with Crippen molar-refractivity contribution in [2.45, 2.75) is 62.2 Å². The normalized spacial score (nSPS) is 21.9. The van der Waals surface area contributed by atoms with Crippen LogP contribution in [0.5, 0.6) is 0 Å². The number of aromatic nitrogens is 3. The van der Waals surface area contributed by atoms with Crippen LogP contribution < -0.4 is 5.69 Å². The Morgan fingerprint density at radius 2 is 2.11 bits per heavy atom. The molecule has 0 saturated heterocycles. The van der Waals surface area contributed by atoms with Gasteiger partial charge in [0.15, 0.2) is 5.16 Å². The molecule has 0 aromatic carbocycles. The van der Waals surface area contributed by atoms with Crippen molar-refractivity contribution in [3.63, 3.8) is 0 Å². The molecular formula is C13H21N3O2S. The van der Waals surface area contributed by atoms with Crippen molar-refractivity contribution < 1.29 is 5.11 Å². The number of hydrogen-bond donors (Lipinski definition) is 2. The molecule has 0 bridgehead atoms. The van der Waals surface area contributed by atoms with E-state index in [2.05, 4.69) is 10.2 Å². The zero-order valence-corrected chi connectivity index (χ0v) is 11.9. The van der Waals surface area contributed by atoms with E-state index in [0.717, 1.165) is 24.4 Å². The van der Waals surface area contributed by atoms with Gasteiger partial charge in [-0.3, -0.25) is 4.57 Å². The highest BCUT2D eigenvalue weighted by Crippen LogP contribution is 2.36. The second-order valence-electron chi connectivity index (χ2n) is 5.76. The summed E-state index contributed by atoms with van der Waals surface area (Å²) in [5.41, 5.74) is -0.115. The Morgan fingerprint density at radius 3 is 2.79 bits per heavy atom. The molecule has 0 spiro atoms. The van der Waals surface area contributed by atoms with Crippen LogP contribution in [-0.2, 0) is 0 Å². The number of H-pyrrole nitrogens is 1. The third-order valence-electron chi connectivity index (χ3n) is 4.07. The van der Waals surface area contributed by atoms with Crippen LogP contribution in [0.1, 0.15) is 51.0 Å². The Morgan fingerprint density at radius 1 is 1.37 bits per heavy atom. The van der Waals surface area contributed by atoms with Gasteiger partial charge < -0.3 is 5.11 Å². The van der Waals surface area contributed by atoms with E-state index in [1.165, 1.54) is 37.4 Å². The van der Waals surface area contributed by atoms with Crippen molar-refractivity contribution in [1.82, 2.24) is 14.8 Å². The molecule has 106 valence electrons. The smallest absolute Gasteiger partial charge is 0.344 e. The van der Waals surface area contributed by atoms with Gasteiger partial charge in [-0.2, -0.15) is 0 Å². The highest BCUT2D eigenvalue weighted by molar-refractivity contribution is 7.99. The Hall–Kier alpha value is -0.750. The molecule has 6 heteroatoms. The first-order valence-electron chi connectivity index (χ1n) is 7.22. The average molecular weight is 283 g/mol. The molecule has 1 aromatic heterocycles. The highest BCUT2D eigenvalue weighted by Gasteiger charge is 2.29. The second-order valence-corrected chi connectivity index (χ2v) is 6.75. The lowest BCUT2D eigenvalue weighted by Crippen LogP contribution is -2.18. The van der Waals surface area contributed by atoms with E-state index < -0.39 is 0 Å². The number of aliphatic hydroxyl groups is 1. The van der Waals surface area contributed by atoms with Crippen LogP contribution in [0, 0.1) is 5.92 Å². The summed E-state index contributed by atoms with van der Waals surface area (Å²) in [7, 11) is 0. The van der Waals surface area contributed by atoms with Crippen LogP contribution in [0.4, 0.5) is 0 Å². The molecule has 1 atom stereocenters. The van der Waals surface area contributed by atoms with E-state index in [0.29, 0.717) is 17.7 Å². The fourth-order valence-electron chi connectivity index (χ4n) is 2.92. The van der Waals surface area contributed by atoms with E-state index in [1.807, 2.05) is 0 Å². The molecule has 0 radical (unpaired) electrons. The fraction of sp³-hybridized carbons (Fsp3) is 0.846. The SMILES string of the molecule is O=c1[nH]nc(SCC(O)CC2CCCC2)n1C1CC1. The summed E-state index contributed by atoms with van der Waals surface area (Å²) in [6.45, 7) is 0.